The summed E-state index contributed by atoms with van der Waals surface area (Å²) in [5.41, 5.74) is 1.03. The van der Waals surface area contributed by atoms with Gasteiger partial charge in [0.25, 0.3) is 0 Å². The fourth-order valence-electron chi connectivity index (χ4n) is 2.65. The lowest BCUT2D eigenvalue weighted by Crippen LogP contribution is -2.39. The molecule has 2 unspecified atom stereocenters. The largest absolute Gasteiger partial charge is 0.393 e. The topological polar surface area (TPSA) is 56.7 Å². The Labute approximate surface area is 130 Å². The number of likely N-dealkylation sites (N-methyl/N-ethyl adjacent to an activating group) is 1. The highest BCUT2D eigenvalue weighted by molar-refractivity contribution is 7.09. The summed E-state index contributed by atoms with van der Waals surface area (Å²) in [5, 5.41) is 12.7. The van der Waals surface area contributed by atoms with Crippen LogP contribution < -0.4 is 0 Å². The Kier molecular flexibility index (Phi) is 5.72. The normalized spacial score (nSPS) is 21.2. The smallest absolute Gasteiger partial charge is 0.228 e. The second kappa shape index (κ2) is 7.33. The third-order valence-corrected chi connectivity index (χ3v) is 4.91. The van der Waals surface area contributed by atoms with Crippen molar-refractivity contribution in [3.63, 3.8) is 0 Å². The van der Waals surface area contributed by atoms with Crippen LogP contribution in [0.3, 0.4) is 0 Å². The van der Waals surface area contributed by atoms with E-state index in [-0.39, 0.29) is 12.0 Å². The van der Waals surface area contributed by atoms with Gasteiger partial charge >= 0.3 is 0 Å². The molecule has 21 heavy (non-hydrogen) atoms. The van der Waals surface area contributed by atoms with E-state index >= 15 is 0 Å². The highest BCUT2D eigenvalue weighted by Crippen LogP contribution is 2.22. The number of rotatable bonds is 5. The monoisotopic (exact) mass is 311 g/mol. The predicted molar refractivity (Wildman–Crippen MR) is 84.2 cm³/mol. The summed E-state index contributed by atoms with van der Waals surface area (Å²) in [6, 6.07) is 0. The minimum absolute atomic E-state index is 0.0861. The first-order valence-corrected chi connectivity index (χ1v) is 8.37. The minimum atomic E-state index is -0.239. The number of aliphatic hydroxyl groups is 1. The SMILES string of the molecule is CC(O)C1CCCN(Cc2csc(CC(=O)N(C)C)n2)C1. The van der Waals surface area contributed by atoms with Crippen LogP contribution in [0.25, 0.3) is 0 Å². The molecule has 5 nitrogen and oxygen atoms in total. The Morgan fingerprint density at radius 1 is 1.62 bits per heavy atom. The highest BCUT2D eigenvalue weighted by atomic mass is 32.1. The van der Waals surface area contributed by atoms with Crippen molar-refractivity contribution in [1.82, 2.24) is 14.8 Å². The molecule has 1 saturated heterocycles. The van der Waals surface area contributed by atoms with Gasteiger partial charge < -0.3 is 10.0 Å². The Hall–Kier alpha value is -0.980. The summed E-state index contributed by atoms with van der Waals surface area (Å²) in [7, 11) is 3.53. The predicted octanol–water partition coefficient (Wildman–Crippen LogP) is 1.37. The van der Waals surface area contributed by atoms with Gasteiger partial charge in [0.2, 0.25) is 5.91 Å². The zero-order chi connectivity index (χ0) is 15.4. The second-order valence-corrected chi connectivity index (χ2v) is 7.02. The van der Waals surface area contributed by atoms with Crippen LogP contribution in [0.1, 0.15) is 30.5 Å². The molecule has 1 aromatic rings. The van der Waals surface area contributed by atoms with E-state index in [4.69, 9.17) is 0 Å². The number of hydrogen-bond acceptors (Lipinski definition) is 5. The van der Waals surface area contributed by atoms with Crippen molar-refractivity contribution in [2.75, 3.05) is 27.2 Å². The number of piperidine rings is 1. The van der Waals surface area contributed by atoms with E-state index in [2.05, 4.69) is 9.88 Å². The molecule has 2 rings (SSSR count). The quantitative estimate of drug-likeness (QED) is 0.892. The number of nitrogens with zero attached hydrogens (tertiary/aromatic N) is 3. The Bertz CT molecular complexity index is 473. The molecule has 0 radical (unpaired) electrons. The van der Waals surface area contributed by atoms with E-state index < -0.39 is 0 Å². The van der Waals surface area contributed by atoms with Crippen LogP contribution in [0, 0.1) is 5.92 Å². The number of aliphatic hydroxyl groups excluding tert-OH is 1. The van der Waals surface area contributed by atoms with Crippen LogP contribution in [0.2, 0.25) is 0 Å². The average Bonchev–Trinajstić information content (AvgIpc) is 2.86. The van der Waals surface area contributed by atoms with Gasteiger partial charge in [-0.15, -0.1) is 11.3 Å². The van der Waals surface area contributed by atoms with Crippen molar-refractivity contribution < 1.29 is 9.90 Å². The fraction of sp³-hybridized carbons (Fsp3) is 0.733. The van der Waals surface area contributed by atoms with Gasteiger partial charge in [0.15, 0.2) is 0 Å². The Morgan fingerprint density at radius 2 is 2.38 bits per heavy atom. The fourth-order valence-corrected chi connectivity index (χ4v) is 3.42. The highest BCUT2D eigenvalue weighted by Gasteiger charge is 2.23. The van der Waals surface area contributed by atoms with Crippen LogP contribution in [-0.2, 0) is 17.8 Å². The standard InChI is InChI=1S/C15H25N3O2S/c1-11(19)12-5-4-6-18(8-12)9-13-10-21-14(16-13)7-15(20)17(2)3/h10-12,19H,4-9H2,1-3H3. The van der Waals surface area contributed by atoms with E-state index in [1.807, 2.05) is 12.3 Å². The van der Waals surface area contributed by atoms with E-state index in [1.165, 1.54) is 0 Å². The van der Waals surface area contributed by atoms with Crippen molar-refractivity contribution in [2.45, 2.75) is 38.8 Å². The number of thiazole rings is 1. The van der Waals surface area contributed by atoms with Crippen molar-refractivity contribution in [1.29, 1.82) is 0 Å². The first-order valence-electron chi connectivity index (χ1n) is 7.49. The molecule has 1 amide bonds. The summed E-state index contributed by atoms with van der Waals surface area (Å²) in [6.07, 6.45) is 2.38. The number of likely N-dealkylation sites (tertiary alicyclic amines) is 1. The van der Waals surface area contributed by atoms with Gasteiger partial charge in [0, 0.05) is 32.6 Å². The van der Waals surface area contributed by atoms with Crippen LogP contribution in [0.4, 0.5) is 0 Å². The first kappa shape index (κ1) is 16.4. The number of carbonyl (C=O) groups is 1. The van der Waals surface area contributed by atoms with Gasteiger partial charge in [-0.25, -0.2) is 4.98 Å². The average molecular weight is 311 g/mol. The summed E-state index contributed by atoms with van der Waals surface area (Å²) < 4.78 is 0. The molecule has 0 saturated carbocycles. The summed E-state index contributed by atoms with van der Waals surface area (Å²) >= 11 is 1.56. The molecule has 2 heterocycles. The molecule has 1 aromatic heterocycles. The molecule has 0 bridgehead atoms. The van der Waals surface area contributed by atoms with Crippen molar-refractivity contribution in [2.24, 2.45) is 5.92 Å². The Morgan fingerprint density at radius 3 is 3.05 bits per heavy atom. The maximum absolute atomic E-state index is 11.7. The number of aromatic nitrogens is 1. The molecule has 1 aliphatic heterocycles. The van der Waals surface area contributed by atoms with Crippen molar-refractivity contribution >= 4 is 17.2 Å². The number of carbonyl (C=O) groups excluding carboxylic acids is 1. The molecule has 1 fully saturated rings. The zero-order valence-corrected chi connectivity index (χ0v) is 13.9. The molecular formula is C15H25N3O2S. The molecule has 6 heteroatoms. The summed E-state index contributed by atoms with van der Waals surface area (Å²) in [6.45, 7) is 4.69. The van der Waals surface area contributed by atoms with E-state index in [1.54, 1.807) is 30.3 Å². The van der Waals surface area contributed by atoms with Crippen LogP contribution in [0.5, 0.6) is 0 Å². The lowest BCUT2D eigenvalue weighted by atomic mass is 9.93. The molecule has 0 aliphatic carbocycles. The molecule has 118 valence electrons. The molecule has 0 spiro atoms. The van der Waals surface area contributed by atoms with Gasteiger partial charge in [-0.05, 0) is 32.2 Å². The van der Waals surface area contributed by atoms with Gasteiger partial charge in [-0.1, -0.05) is 0 Å². The van der Waals surface area contributed by atoms with E-state index in [0.717, 1.165) is 43.2 Å². The zero-order valence-electron chi connectivity index (χ0n) is 13.1. The second-order valence-electron chi connectivity index (χ2n) is 6.08. The molecular weight excluding hydrogens is 286 g/mol. The van der Waals surface area contributed by atoms with Gasteiger partial charge in [-0.3, -0.25) is 9.69 Å². The van der Waals surface area contributed by atoms with Crippen LogP contribution in [0.15, 0.2) is 5.38 Å². The third-order valence-electron chi connectivity index (χ3n) is 4.01. The summed E-state index contributed by atoms with van der Waals surface area (Å²) in [4.78, 5) is 20.2. The van der Waals surface area contributed by atoms with Gasteiger partial charge in [-0.2, -0.15) is 0 Å². The number of hydrogen-bond donors (Lipinski definition) is 1. The maximum atomic E-state index is 11.7. The van der Waals surface area contributed by atoms with Crippen LogP contribution >= 0.6 is 11.3 Å². The maximum Gasteiger partial charge on any atom is 0.228 e. The van der Waals surface area contributed by atoms with E-state index in [9.17, 15) is 9.90 Å². The number of amides is 1. The minimum Gasteiger partial charge on any atom is -0.393 e. The molecule has 2 atom stereocenters. The Balaban J connectivity index is 1.88. The third kappa shape index (κ3) is 4.76. The van der Waals surface area contributed by atoms with Gasteiger partial charge in [0.1, 0.15) is 5.01 Å². The van der Waals surface area contributed by atoms with Crippen LogP contribution in [-0.4, -0.2) is 59.1 Å². The first-order chi connectivity index (χ1) is 9.95. The van der Waals surface area contributed by atoms with Crippen molar-refractivity contribution in [3.8, 4) is 0 Å². The van der Waals surface area contributed by atoms with Gasteiger partial charge in [0.05, 0.1) is 18.2 Å². The van der Waals surface area contributed by atoms with Crippen molar-refractivity contribution in [3.05, 3.63) is 16.1 Å². The lowest BCUT2D eigenvalue weighted by molar-refractivity contribution is -0.127. The molecule has 1 aliphatic rings. The molecule has 0 aromatic carbocycles. The molecule has 1 N–H and O–H groups in total. The summed E-state index contributed by atoms with van der Waals surface area (Å²) in [5.74, 6) is 0.454. The van der Waals surface area contributed by atoms with E-state index in [0.29, 0.717) is 12.3 Å². The lowest BCUT2D eigenvalue weighted by Gasteiger charge is -2.33.